The molecular formula is C12H17BrN2O. The molecule has 0 radical (unpaired) electrons. The number of aryl methyl sites for hydroxylation is 1. The maximum Gasteiger partial charge on any atom is 0.241 e. The van der Waals surface area contributed by atoms with Gasteiger partial charge in [-0.3, -0.25) is 4.79 Å². The summed E-state index contributed by atoms with van der Waals surface area (Å²) in [5.74, 6) is -0.00354. The third-order valence-electron chi connectivity index (χ3n) is 2.47. The molecule has 1 rings (SSSR count). The van der Waals surface area contributed by atoms with Crippen LogP contribution in [-0.4, -0.2) is 11.9 Å². The van der Waals surface area contributed by atoms with Crippen molar-refractivity contribution in [1.29, 1.82) is 0 Å². The number of halogens is 1. The molecule has 0 aliphatic rings. The fraction of sp³-hybridized carbons (Fsp3) is 0.417. The van der Waals surface area contributed by atoms with Gasteiger partial charge in [-0.25, -0.2) is 0 Å². The average Bonchev–Trinajstić information content (AvgIpc) is 2.20. The van der Waals surface area contributed by atoms with Crippen molar-refractivity contribution in [2.75, 3.05) is 5.32 Å². The molecule has 0 aliphatic carbocycles. The van der Waals surface area contributed by atoms with Crippen LogP contribution in [0, 0.1) is 12.8 Å². The third kappa shape index (κ3) is 3.32. The van der Waals surface area contributed by atoms with E-state index < -0.39 is 6.04 Å². The summed E-state index contributed by atoms with van der Waals surface area (Å²) in [5, 5.41) is 2.83. The molecule has 16 heavy (non-hydrogen) atoms. The van der Waals surface area contributed by atoms with E-state index >= 15 is 0 Å². The zero-order valence-electron chi connectivity index (χ0n) is 9.75. The Morgan fingerprint density at radius 1 is 1.44 bits per heavy atom. The Hall–Kier alpha value is -0.870. The van der Waals surface area contributed by atoms with Crippen molar-refractivity contribution in [3.63, 3.8) is 0 Å². The first-order valence-electron chi connectivity index (χ1n) is 5.24. The average molecular weight is 285 g/mol. The first-order chi connectivity index (χ1) is 7.41. The SMILES string of the molecule is Cc1cc(Br)ccc1NC(=O)[C@@H](N)C(C)C. The molecule has 88 valence electrons. The molecule has 0 fully saturated rings. The van der Waals surface area contributed by atoms with Crippen molar-refractivity contribution >= 4 is 27.5 Å². The predicted molar refractivity (Wildman–Crippen MR) is 70.3 cm³/mol. The number of amides is 1. The minimum atomic E-state index is -0.469. The molecule has 1 atom stereocenters. The van der Waals surface area contributed by atoms with E-state index in [1.54, 1.807) is 0 Å². The minimum Gasteiger partial charge on any atom is -0.324 e. The van der Waals surface area contributed by atoms with E-state index in [9.17, 15) is 4.79 Å². The Morgan fingerprint density at radius 3 is 2.56 bits per heavy atom. The van der Waals surface area contributed by atoms with Crippen molar-refractivity contribution in [3.8, 4) is 0 Å². The van der Waals surface area contributed by atoms with Crippen LogP contribution in [0.15, 0.2) is 22.7 Å². The van der Waals surface area contributed by atoms with Gasteiger partial charge in [-0.15, -0.1) is 0 Å². The van der Waals surface area contributed by atoms with Gasteiger partial charge >= 0.3 is 0 Å². The van der Waals surface area contributed by atoms with Crippen molar-refractivity contribution < 1.29 is 4.79 Å². The topological polar surface area (TPSA) is 55.1 Å². The second kappa shape index (κ2) is 5.46. The molecular weight excluding hydrogens is 268 g/mol. The van der Waals surface area contributed by atoms with Gasteiger partial charge in [-0.2, -0.15) is 0 Å². The monoisotopic (exact) mass is 284 g/mol. The summed E-state index contributed by atoms with van der Waals surface area (Å²) >= 11 is 3.38. The van der Waals surface area contributed by atoms with Crippen LogP contribution >= 0.6 is 15.9 Å². The molecule has 4 heteroatoms. The molecule has 0 aliphatic heterocycles. The van der Waals surface area contributed by atoms with Crippen LogP contribution in [0.4, 0.5) is 5.69 Å². The second-order valence-corrected chi connectivity index (χ2v) is 5.13. The Bertz CT molecular complexity index is 391. The van der Waals surface area contributed by atoms with Gasteiger partial charge in [0.1, 0.15) is 0 Å². The summed E-state index contributed by atoms with van der Waals surface area (Å²) in [5.41, 5.74) is 7.59. The normalized spacial score (nSPS) is 12.6. The highest BCUT2D eigenvalue weighted by atomic mass is 79.9. The summed E-state index contributed by atoms with van der Waals surface area (Å²) in [6.45, 7) is 5.80. The number of carbonyl (C=O) groups is 1. The Labute approximate surface area is 105 Å². The van der Waals surface area contributed by atoms with Crippen LogP contribution in [-0.2, 0) is 4.79 Å². The fourth-order valence-electron chi connectivity index (χ4n) is 1.29. The van der Waals surface area contributed by atoms with Gasteiger partial charge < -0.3 is 11.1 Å². The van der Waals surface area contributed by atoms with Gasteiger partial charge in [-0.05, 0) is 36.6 Å². The number of anilines is 1. The summed E-state index contributed by atoms with van der Waals surface area (Å²) in [6.07, 6.45) is 0. The van der Waals surface area contributed by atoms with Gasteiger partial charge in [0, 0.05) is 10.2 Å². The highest BCUT2D eigenvalue weighted by Crippen LogP contribution is 2.20. The van der Waals surface area contributed by atoms with Gasteiger partial charge in [0.15, 0.2) is 0 Å². The lowest BCUT2D eigenvalue weighted by Crippen LogP contribution is -2.39. The number of hydrogen-bond acceptors (Lipinski definition) is 2. The molecule has 1 amide bonds. The van der Waals surface area contributed by atoms with Gasteiger partial charge in [-0.1, -0.05) is 29.8 Å². The zero-order chi connectivity index (χ0) is 12.3. The first-order valence-corrected chi connectivity index (χ1v) is 6.03. The maximum absolute atomic E-state index is 11.7. The highest BCUT2D eigenvalue weighted by Gasteiger charge is 2.17. The van der Waals surface area contributed by atoms with Crippen molar-refractivity contribution in [2.24, 2.45) is 11.7 Å². The lowest BCUT2D eigenvalue weighted by Gasteiger charge is -2.16. The van der Waals surface area contributed by atoms with Crippen LogP contribution in [0.2, 0.25) is 0 Å². The van der Waals surface area contributed by atoms with Crippen LogP contribution in [0.1, 0.15) is 19.4 Å². The van der Waals surface area contributed by atoms with Crippen LogP contribution < -0.4 is 11.1 Å². The van der Waals surface area contributed by atoms with Crippen molar-refractivity contribution in [3.05, 3.63) is 28.2 Å². The first kappa shape index (κ1) is 13.2. The van der Waals surface area contributed by atoms with E-state index in [0.717, 1.165) is 15.7 Å². The predicted octanol–water partition coefficient (Wildman–Crippen LogP) is 2.68. The van der Waals surface area contributed by atoms with Crippen molar-refractivity contribution in [1.82, 2.24) is 0 Å². The van der Waals surface area contributed by atoms with E-state index in [0.29, 0.717) is 0 Å². The molecule has 0 spiro atoms. The Kier molecular flexibility index (Phi) is 4.50. The number of nitrogens with two attached hydrogens (primary N) is 1. The van der Waals surface area contributed by atoms with E-state index in [1.165, 1.54) is 0 Å². The van der Waals surface area contributed by atoms with E-state index in [-0.39, 0.29) is 11.8 Å². The molecule has 0 unspecified atom stereocenters. The number of rotatable bonds is 3. The maximum atomic E-state index is 11.7. The lowest BCUT2D eigenvalue weighted by molar-refractivity contribution is -0.118. The molecule has 0 aromatic heterocycles. The fourth-order valence-corrected chi connectivity index (χ4v) is 1.76. The molecule has 3 nitrogen and oxygen atoms in total. The summed E-state index contributed by atoms with van der Waals surface area (Å²) in [7, 11) is 0. The molecule has 3 N–H and O–H groups in total. The van der Waals surface area contributed by atoms with Crippen LogP contribution in [0.3, 0.4) is 0 Å². The number of benzene rings is 1. The summed E-state index contributed by atoms with van der Waals surface area (Å²) in [4.78, 5) is 11.7. The number of nitrogens with one attached hydrogen (secondary N) is 1. The van der Waals surface area contributed by atoms with E-state index in [2.05, 4.69) is 21.2 Å². The van der Waals surface area contributed by atoms with Gasteiger partial charge in [0.25, 0.3) is 0 Å². The van der Waals surface area contributed by atoms with Gasteiger partial charge in [0.2, 0.25) is 5.91 Å². The Balaban J connectivity index is 2.77. The summed E-state index contributed by atoms with van der Waals surface area (Å²) in [6, 6.07) is 5.24. The molecule has 0 bridgehead atoms. The molecule has 1 aromatic carbocycles. The number of carbonyl (C=O) groups excluding carboxylic acids is 1. The summed E-state index contributed by atoms with van der Waals surface area (Å²) < 4.78 is 0.996. The van der Waals surface area contributed by atoms with Crippen LogP contribution in [0.5, 0.6) is 0 Å². The largest absolute Gasteiger partial charge is 0.324 e. The molecule has 0 saturated carbocycles. The standard InChI is InChI=1S/C12H17BrN2O/c1-7(2)11(14)12(16)15-10-5-4-9(13)6-8(10)3/h4-7,11H,14H2,1-3H3,(H,15,16)/t11-/m0/s1. The van der Waals surface area contributed by atoms with E-state index in [4.69, 9.17) is 5.73 Å². The lowest BCUT2D eigenvalue weighted by atomic mass is 10.0. The second-order valence-electron chi connectivity index (χ2n) is 4.22. The molecule has 1 aromatic rings. The quantitative estimate of drug-likeness (QED) is 0.897. The number of hydrogen-bond donors (Lipinski definition) is 2. The van der Waals surface area contributed by atoms with Crippen LogP contribution in [0.25, 0.3) is 0 Å². The molecule has 0 saturated heterocycles. The Morgan fingerprint density at radius 2 is 2.06 bits per heavy atom. The smallest absolute Gasteiger partial charge is 0.241 e. The molecule has 0 heterocycles. The highest BCUT2D eigenvalue weighted by molar-refractivity contribution is 9.10. The third-order valence-corrected chi connectivity index (χ3v) is 2.96. The van der Waals surface area contributed by atoms with E-state index in [1.807, 2.05) is 39.0 Å². The minimum absolute atomic E-state index is 0.135. The zero-order valence-corrected chi connectivity index (χ0v) is 11.3. The van der Waals surface area contributed by atoms with Gasteiger partial charge in [0.05, 0.1) is 6.04 Å². The van der Waals surface area contributed by atoms with Crippen molar-refractivity contribution in [2.45, 2.75) is 26.8 Å².